The van der Waals surface area contributed by atoms with Gasteiger partial charge in [0.15, 0.2) is 11.4 Å². The number of urea groups is 1. The van der Waals surface area contributed by atoms with E-state index in [4.69, 9.17) is 14.2 Å². The van der Waals surface area contributed by atoms with Crippen LogP contribution in [0, 0.1) is 0 Å². The van der Waals surface area contributed by atoms with Crippen LogP contribution in [0.1, 0.15) is 46.6 Å². The summed E-state index contributed by atoms with van der Waals surface area (Å²) in [6, 6.07) is 23.5. The van der Waals surface area contributed by atoms with Crippen molar-refractivity contribution in [2.75, 3.05) is 12.9 Å². The average Bonchev–Trinajstić information content (AvgIpc) is 3.60. The molecule has 11 nitrogen and oxygen atoms in total. The van der Waals surface area contributed by atoms with Crippen molar-refractivity contribution in [2.24, 2.45) is 0 Å². The SMILES string of the molecule is COC(=O)C(Cc1ccccc1)NC(=O)NCc1ccc(C2OC(CSc3ncn[nH]3)CC(c3ccc(CO)cc3)O2)cc1. The van der Waals surface area contributed by atoms with Crippen LogP contribution < -0.4 is 10.6 Å². The Hall–Kier alpha value is -4.23. The molecule has 44 heavy (non-hydrogen) atoms. The van der Waals surface area contributed by atoms with Gasteiger partial charge in [0.2, 0.25) is 0 Å². The molecule has 0 radical (unpaired) electrons. The molecule has 3 aromatic carbocycles. The number of amides is 2. The van der Waals surface area contributed by atoms with Crippen LogP contribution in [-0.4, -0.2) is 57.3 Å². The minimum Gasteiger partial charge on any atom is -0.467 e. The average molecular weight is 618 g/mol. The third-order valence-corrected chi connectivity index (χ3v) is 8.20. The van der Waals surface area contributed by atoms with Crippen molar-refractivity contribution in [1.29, 1.82) is 0 Å². The molecule has 0 saturated carbocycles. The zero-order valence-corrected chi connectivity index (χ0v) is 25.0. The summed E-state index contributed by atoms with van der Waals surface area (Å²) >= 11 is 1.54. The number of aliphatic hydroxyl groups is 1. The highest BCUT2D eigenvalue weighted by Crippen LogP contribution is 2.39. The number of H-pyrrole nitrogens is 1. The number of nitrogens with zero attached hydrogens (tertiary/aromatic N) is 2. The van der Waals surface area contributed by atoms with Gasteiger partial charge in [-0.05, 0) is 22.3 Å². The molecule has 5 rings (SSSR count). The molecule has 1 aliphatic heterocycles. The number of aliphatic hydroxyl groups excluding tert-OH is 1. The molecular weight excluding hydrogens is 582 g/mol. The van der Waals surface area contributed by atoms with E-state index in [1.807, 2.05) is 78.9 Å². The van der Waals surface area contributed by atoms with Crippen molar-refractivity contribution >= 4 is 23.8 Å². The highest BCUT2D eigenvalue weighted by Gasteiger charge is 2.32. The second kappa shape index (κ2) is 15.5. The van der Waals surface area contributed by atoms with E-state index in [0.717, 1.165) is 33.0 Å². The minimum absolute atomic E-state index is 0.0175. The number of methoxy groups -OCH3 is 1. The lowest BCUT2D eigenvalue weighted by Gasteiger charge is -2.36. The van der Waals surface area contributed by atoms with Crippen LogP contribution in [0.4, 0.5) is 4.79 Å². The number of hydrogen-bond acceptors (Lipinski definition) is 9. The van der Waals surface area contributed by atoms with Crippen LogP contribution in [0.25, 0.3) is 0 Å². The highest BCUT2D eigenvalue weighted by molar-refractivity contribution is 7.99. The molecule has 230 valence electrons. The third kappa shape index (κ3) is 8.66. The predicted octanol–water partition coefficient (Wildman–Crippen LogP) is 4.22. The number of aromatic amines is 1. The van der Waals surface area contributed by atoms with Crippen LogP contribution in [0.3, 0.4) is 0 Å². The molecule has 0 bridgehead atoms. The number of carbonyl (C=O) groups excluding carboxylic acids is 2. The van der Waals surface area contributed by atoms with Crippen LogP contribution in [0.5, 0.6) is 0 Å². The van der Waals surface area contributed by atoms with E-state index in [0.29, 0.717) is 18.6 Å². The molecule has 4 aromatic rings. The minimum atomic E-state index is -0.812. The number of rotatable bonds is 12. The molecule has 4 atom stereocenters. The number of carbonyl (C=O) groups is 2. The summed E-state index contributed by atoms with van der Waals surface area (Å²) in [6.07, 6.45) is 1.53. The molecule has 0 aliphatic carbocycles. The largest absolute Gasteiger partial charge is 0.467 e. The molecule has 1 saturated heterocycles. The zero-order valence-electron chi connectivity index (χ0n) is 24.2. The number of aromatic nitrogens is 3. The summed E-state index contributed by atoms with van der Waals surface area (Å²) in [5, 5.41) is 22.5. The Balaban J connectivity index is 1.20. The van der Waals surface area contributed by atoms with Gasteiger partial charge in [-0.1, -0.05) is 90.6 Å². The highest BCUT2D eigenvalue weighted by atomic mass is 32.2. The first-order chi connectivity index (χ1) is 21.5. The molecule has 1 aliphatic rings. The number of esters is 1. The predicted molar refractivity (Wildman–Crippen MR) is 163 cm³/mol. The van der Waals surface area contributed by atoms with E-state index < -0.39 is 24.3 Å². The Bertz CT molecular complexity index is 1470. The van der Waals surface area contributed by atoms with Gasteiger partial charge in [0.05, 0.1) is 25.9 Å². The zero-order chi connectivity index (χ0) is 30.7. The lowest BCUT2D eigenvalue weighted by atomic mass is 10.0. The number of thioether (sulfide) groups is 1. The van der Waals surface area contributed by atoms with Gasteiger partial charge in [0, 0.05) is 30.7 Å². The Morgan fingerprint density at radius 2 is 1.73 bits per heavy atom. The van der Waals surface area contributed by atoms with E-state index in [1.54, 1.807) is 0 Å². The molecule has 0 spiro atoms. The van der Waals surface area contributed by atoms with E-state index >= 15 is 0 Å². The Morgan fingerprint density at radius 3 is 2.41 bits per heavy atom. The van der Waals surface area contributed by atoms with Gasteiger partial charge < -0.3 is 30.0 Å². The summed E-state index contributed by atoms with van der Waals surface area (Å²) in [5.74, 6) is 0.148. The van der Waals surface area contributed by atoms with Crippen molar-refractivity contribution in [2.45, 2.75) is 55.7 Å². The first-order valence-corrected chi connectivity index (χ1v) is 15.2. The molecular formula is C32H35N5O6S. The molecule has 4 N–H and O–H groups in total. The molecule has 2 heterocycles. The smallest absolute Gasteiger partial charge is 0.328 e. The molecule has 1 fully saturated rings. The molecule has 2 amide bonds. The van der Waals surface area contributed by atoms with Gasteiger partial charge in [0.1, 0.15) is 12.4 Å². The van der Waals surface area contributed by atoms with Crippen molar-refractivity contribution < 1.29 is 28.9 Å². The quantitative estimate of drug-likeness (QED) is 0.136. The number of nitrogens with one attached hydrogen (secondary N) is 3. The number of ether oxygens (including phenoxy) is 3. The van der Waals surface area contributed by atoms with Crippen molar-refractivity contribution in [1.82, 2.24) is 25.8 Å². The Labute approximate surface area is 259 Å². The van der Waals surface area contributed by atoms with E-state index in [9.17, 15) is 14.7 Å². The second-order valence-corrected chi connectivity index (χ2v) is 11.3. The van der Waals surface area contributed by atoms with Gasteiger partial charge >= 0.3 is 12.0 Å². The van der Waals surface area contributed by atoms with Crippen molar-refractivity contribution in [3.05, 3.63) is 113 Å². The monoisotopic (exact) mass is 617 g/mol. The fourth-order valence-corrected chi connectivity index (χ4v) is 5.63. The van der Waals surface area contributed by atoms with Crippen LogP contribution in [0.15, 0.2) is 90.3 Å². The van der Waals surface area contributed by atoms with Crippen molar-refractivity contribution in [3.63, 3.8) is 0 Å². The summed E-state index contributed by atoms with van der Waals surface area (Å²) in [6.45, 7) is 0.240. The van der Waals surface area contributed by atoms with E-state index in [1.165, 1.54) is 25.2 Å². The van der Waals surface area contributed by atoms with Gasteiger partial charge in [-0.3, -0.25) is 5.10 Å². The maximum atomic E-state index is 12.6. The maximum Gasteiger partial charge on any atom is 0.328 e. The first kappa shape index (κ1) is 31.2. The summed E-state index contributed by atoms with van der Waals surface area (Å²) in [5.41, 5.74) is 4.47. The van der Waals surface area contributed by atoms with E-state index in [-0.39, 0.29) is 25.4 Å². The molecule has 12 heteroatoms. The van der Waals surface area contributed by atoms with E-state index in [2.05, 4.69) is 25.8 Å². The lowest BCUT2D eigenvalue weighted by molar-refractivity contribution is -0.245. The Morgan fingerprint density at radius 1 is 1.00 bits per heavy atom. The van der Waals surface area contributed by atoms with Crippen molar-refractivity contribution in [3.8, 4) is 0 Å². The third-order valence-electron chi connectivity index (χ3n) is 7.19. The standard InChI is InChI=1S/C32H35N5O6S/c1-41-29(39)27(15-21-5-3-2-4-6-21)36-31(40)33-17-22-7-13-25(14-8-22)30-42-26(19-44-32-34-20-35-37-32)16-28(43-30)24-11-9-23(18-38)10-12-24/h2-14,20,26-28,30,38H,15-19H2,1H3,(H2,33,36,40)(H,34,35,37). The van der Waals surface area contributed by atoms with Crippen LogP contribution in [0.2, 0.25) is 0 Å². The van der Waals surface area contributed by atoms with Crippen LogP contribution in [-0.2, 0) is 38.6 Å². The molecule has 1 aromatic heterocycles. The fraction of sp³-hybridized carbons (Fsp3) is 0.312. The topological polar surface area (TPSA) is 148 Å². The van der Waals surface area contributed by atoms with Crippen LogP contribution >= 0.6 is 11.8 Å². The first-order valence-electron chi connectivity index (χ1n) is 14.2. The summed E-state index contributed by atoms with van der Waals surface area (Å²) in [7, 11) is 1.30. The van der Waals surface area contributed by atoms with Gasteiger partial charge in [-0.25, -0.2) is 14.6 Å². The number of benzene rings is 3. The molecule has 4 unspecified atom stereocenters. The van der Waals surface area contributed by atoms with Gasteiger partial charge in [-0.2, -0.15) is 5.10 Å². The normalized spacial score (nSPS) is 18.7. The fourth-order valence-electron chi connectivity index (χ4n) is 4.83. The maximum absolute atomic E-state index is 12.6. The number of hydrogen-bond donors (Lipinski definition) is 4. The Kier molecular flexibility index (Phi) is 11.0. The summed E-state index contributed by atoms with van der Waals surface area (Å²) < 4.78 is 17.7. The van der Waals surface area contributed by atoms with Gasteiger partial charge in [-0.15, -0.1) is 0 Å². The summed E-state index contributed by atoms with van der Waals surface area (Å²) in [4.78, 5) is 29.1. The second-order valence-electron chi connectivity index (χ2n) is 10.3. The lowest BCUT2D eigenvalue weighted by Crippen LogP contribution is -2.47. The van der Waals surface area contributed by atoms with Gasteiger partial charge in [0.25, 0.3) is 0 Å².